The fourth-order valence-corrected chi connectivity index (χ4v) is 2.89. The molecule has 1 atom stereocenters. The zero-order valence-corrected chi connectivity index (χ0v) is 18.3. The molecule has 3 heterocycles. The number of furan rings is 1. The Morgan fingerprint density at radius 3 is 2.77 bits per heavy atom. The summed E-state index contributed by atoms with van der Waals surface area (Å²) in [6, 6.07) is 7.50. The lowest BCUT2D eigenvalue weighted by Crippen LogP contribution is -2.32. The molecule has 0 saturated carbocycles. The number of nitrogens with one attached hydrogen (secondary N) is 1. The zero-order chi connectivity index (χ0) is 22.4. The molecule has 0 aliphatic carbocycles. The second-order valence-electron chi connectivity index (χ2n) is 8.07. The first kappa shape index (κ1) is 22.5. The molecular formula is C22H29N5O4. The smallest absolute Gasteiger partial charge is 0.311 e. The van der Waals surface area contributed by atoms with Crippen LogP contribution in [0.15, 0.2) is 41.1 Å². The zero-order valence-electron chi connectivity index (χ0n) is 18.3. The van der Waals surface area contributed by atoms with Crippen LogP contribution in [0.25, 0.3) is 23.0 Å². The quantitative estimate of drug-likeness (QED) is 0.474. The molecular weight excluding hydrogens is 398 g/mol. The van der Waals surface area contributed by atoms with E-state index in [2.05, 4.69) is 32.0 Å². The van der Waals surface area contributed by atoms with Crippen LogP contribution in [0.1, 0.15) is 34.1 Å². The number of pyridine rings is 1. The third kappa shape index (κ3) is 5.69. The van der Waals surface area contributed by atoms with Gasteiger partial charge in [0.25, 0.3) is 0 Å². The van der Waals surface area contributed by atoms with Crippen LogP contribution in [-0.2, 0) is 9.53 Å². The van der Waals surface area contributed by atoms with Crippen LogP contribution in [0.4, 0.5) is 5.82 Å². The molecule has 166 valence electrons. The predicted molar refractivity (Wildman–Crippen MR) is 117 cm³/mol. The molecule has 1 unspecified atom stereocenters. The van der Waals surface area contributed by atoms with E-state index < -0.39 is 11.4 Å². The van der Waals surface area contributed by atoms with Crippen molar-refractivity contribution in [3.63, 3.8) is 0 Å². The predicted octanol–water partition coefficient (Wildman–Crippen LogP) is 3.86. The van der Waals surface area contributed by atoms with E-state index in [9.17, 15) is 9.90 Å². The van der Waals surface area contributed by atoms with Crippen LogP contribution in [0, 0.1) is 5.41 Å². The number of hydrogen-bond acceptors (Lipinski definition) is 7. The minimum absolute atomic E-state index is 0.0553. The van der Waals surface area contributed by atoms with Crippen molar-refractivity contribution in [2.45, 2.75) is 40.2 Å². The molecule has 31 heavy (non-hydrogen) atoms. The van der Waals surface area contributed by atoms with Crippen molar-refractivity contribution in [1.29, 1.82) is 0 Å². The first-order chi connectivity index (χ1) is 14.8. The second-order valence-corrected chi connectivity index (χ2v) is 8.07. The topological polar surface area (TPSA) is 117 Å². The Labute approximate surface area is 181 Å². The van der Waals surface area contributed by atoms with Gasteiger partial charge in [0.2, 0.25) is 0 Å². The Hall–Kier alpha value is -3.20. The maximum atomic E-state index is 11.2. The molecule has 0 bridgehead atoms. The fraction of sp³-hybridized carbons (Fsp3) is 0.455. The van der Waals surface area contributed by atoms with E-state index >= 15 is 0 Å². The van der Waals surface area contributed by atoms with Crippen molar-refractivity contribution in [2.24, 2.45) is 5.41 Å². The third-order valence-corrected chi connectivity index (χ3v) is 5.06. The minimum atomic E-state index is -0.896. The van der Waals surface area contributed by atoms with Crippen molar-refractivity contribution < 1.29 is 19.1 Å². The average Bonchev–Trinajstić information content (AvgIpc) is 3.45. The number of carboxylic acids is 1. The first-order valence-electron chi connectivity index (χ1n) is 10.3. The number of carbonyl (C=O) groups is 1. The summed E-state index contributed by atoms with van der Waals surface area (Å²) in [6.07, 6.45) is 4.05. The normalized spacial score (nSPS) is 12.6. The summed E-state index contributed by atoms with van der Waals surface area (Å²) < 4.78 is 11.1. The molecule has 2 N–H and O–H groups in total. The SMILES string of the molecule is CCN(CCC(C)OCC(C)(C)C(=O)O)c1ccc(-c2n[nH]c(-c3ccco3)n2)cn1. The molecule has 0 saturated heterocycles. The maximum absolute atomic E-state index is 11.2. The number of nitrogens with zero attached hydrogens (tertiary/aromatic N) is 4. The summed E-state index contributed by atoms with van der Waals surface area (Å²) in [4.78, 5) is 22.4. The van der Waals surface area contributed by atoms with Gasteiger partial charge in [0, 0.05) is 24.8 Å². The Morgan fingerprint density at radius 2 is 2.16 bits per heavy atom. The summed E-state index contributed by atoms with van der Waals surface area (Å²) in [7, 11) is 0. The summed E-state index contributed by atoms with van der Waals surface area (Å²) in [5, 5.41) is 16.3. The van der Waals surface area contributed by atoms with Crippen molar-refractivity contribution in [2.75, 3.05) is 24.6 Å². The molecule has 3 rings (SSSR count). The lowest BCUT2D eigenvalue weighted by atomic mass is 9.95. The Morgan fingerprint density at radius 1 is 1.35 bits per heavy atom. The van der Waals surface area contributed by atoms with Gasteiger partial charge in [-0.2, -0.15) is 5.10 Å². The van der Waals surface area contributed by atoms with E-state index in [0.29, 0.717) is 17.4 Å². The summed E-state index contributed by atoms with van der Waals surface area (Å²) >= 11 is 0. The number of ether oxygens (including phenoxy) is 1. The highest BCUT2D eigenvalue weighted by Crippen LogP contribution is 2.22. The number of carboxylic acid groups (broad SMARTS) is 1. The van der Waals surface area contributed by atoms with E-state index in [-0.39, 0.29) is 12.7 Å². The minimum Gasteiger partial charge on any atom is -0.481 e. The van der Waals surface area contributed by atoms with Gasteiger partial charge in [-0.15, -0.1) is 0 Å². The van der Waals surface area contributed by atoms with Gasteiger partial charge < -0.3 is 19.2 Å². The van der Waals surface area contributed by atoms with E-state index in [1.807, 2.05) is 25.1 Å². The van der Waals surface area contributed by atoms with Crippen LogP contribution < -0.4 is 4.90 Å². The molecule has 0 aromatic carbocycles. The summed E-state index contributed by atoms with van der Waals surface area (Å²) in [5.74, 6) is 1.74. The van der Waals surface area contributed by atoms with E-state index in [4.69, 9.17) is 9.15 Å². The first-order valence-corrected chi connectivity index (χ1v) is 10.3. The number of aliphatic carboxylic acids is 1. The molecule has 0 radical (unpaired) electrons. The summed E-state index contributed by atoms with van der Waals surface area (Å²) in [6.45, 7) is 9.08. The molecule has 0 fully saturated rings. The van der Waals surface area contributed by atoms with Crippen LogP contribution in [0.3, 0.4) is 0 Å². The number of H-pyrrole nitrogens is 1. The molecule has 0 amide bonds. The summed E-state index contributed by atoms with van der Waals surface area (Å²) in [5.41, 5.74) is -0.0887. The highest BCUT2D eigenvalue weighted by atomic mass is 16.5. The van der Waals surface area contributed by atoms with Crippen molar-refractivity contribution in [3.05, 3.63) is 36.7 Å². The number of rotatable bonds is 11. The lowest BCUT2D eigenvalue weighted by Gasteiger charge is -2.26. The molecule has 0 aliphatic heterocycles. The van der Waals surface area contributed by atoms with Crippen molar-refractivity contribution in [1.82, 2.24) is 20.2 Å². The number of anilines is 1. The number of hydrogen-bond donors (Lipinski definition) is 2. The van der Waals surface area contributed by atoms with Crippen LogP contribution in [0.2, 0.25) is 0 Å². The van der Waals surface area contributed by atoms with E-state index in [1.165, 1.54) is 0 Å². The standard InChI is InChI=1S/C22H29N5O4/c1-5-27(11-10-15(2)31-14-22(3,4)21(28)29)18-9-8-16(13-23-18)19-24-20(26-25-19)17-7-6-12-30-17/h6-9,12-13,15H,5,10-11,14H2,1-4H3,(H,28,29)(H,24,25,26). The van der Waals surface area contributed by atoms with Gasteiger partial charge in [-0.05, 0) is 58.4 Å². The molecule has 0 aliphatic rings. The fourth-order valence-electron chi connectivity index (χ4n) is 2.89. The highest BCUT2D eigenvalue weighted by molar-refractivity contribution is 5.73. The van der Waals surface area contributed by atoms with E-state index in [0.717, 1.165) is 30.9 Å². The molecule has 3 aromatic heterocycles. The van der Waals surface area contributed by atoms with Crippen LogP contribution in [0.5, 0.6) is 0 Å². The van der Waals surface area contributed by atoms with Crippen LogP contribution in [-0.4, -0.2) is 57.0 Å². The third-order valence-electron chi connectivity index (χ3n) is 5.06. The van der Waals surface area contributed by atoms with Crippen molar-refractivity contribution >= 4 is 11.8 Å². The van der Waals surface area contributed by atoms with Gasteiger partial charge in [0.1, 0.15) is 5.82 Å². The Kier molecular flexibility index (Phi) is 7.06. The lowest BCUT2D eigenvalue weighted by molar-refractivity contribution is -0.151. The maximum Gasteiger partial charge on any atom is 0.311 e. The molecule has 0 spiro atoms. The van der Waals surface area contributed by atoms with Gasteiger partial charge in [0.05, 0.1) is 24.4 Å². The highest BCUT2D eigenvalue weighted by Gasteiger charge is 2.28. The average molecular weight is 428 g/mol. The number of aromatic amines is 1. The molecule has 9 nitrogen and oxygen atoms in total. The monoisotopic (exact) mass is 427 g/mol. The molecule has 3 aromatic rings. The van der Waals surface area contributed by atoms with Gasteiger partial charge in [-0.3, -0.25) is 9.89 Å². The van der Waals surface area contributed by atoms with Gasteiger partial charge in [0.15, 0.2) is 17.4 Å². The second kappa shape index (κ2) is 9.74. The Balaban J connectivity index is 1.57. The number of aromatic nitrogens is 4. The van der Waals surface area contributed by atoms with Gasteiger partial charge in [-0.25, -0.2) is 9.97 Å². The largest absolute Gasteiger partial charge is 0.481 e. The van der Waals surface area contributed by atoms with Gasteiger partial charge >= 0.3 is 5.97 Å². The van der Waals surface area contributed by atoms with Crippen LogP contribution >= 0.6 is 0 Å². The Bertz CT molecular complexity index is 966. The van der Waals surface area contributed by atoms with E-state index in [1.54, 1.807) is 32.4 Å². The van der Waals surface area contributed by atoms with Crippen molar-refractivity contribution in [3.8, 4) is 23.0 Å². The van der Waals surface area contributed by atoms with Gasteiger partial charge in [-0.1, -0.05) is 0 Å². The molecule has 9 heteroatoms.